The maximum absolute atomic E-state index is 11.9. The molecule has 0 amide bonds. The smallest absolute Gasteiger partial charge is 0.267 e. The standard InChI is InChI=1S/C15H12O7/c16-8-2-1-6(3-10(8)18)14-12(20)4-7-9(17)5-11(19)13(21)15(7)22-14/h1-3,5,12,14,16-18,20H,4H2/t12-,14+/m0/s1. The zero-order valence-electron chi connectivity index (χ0n) is 11.2. The van der Waals surface area contributed by atoms with E-state index < -0.39 is 35.3 Å². The first-order chi connectivity index (χ1) is 10.4. The highest BCUT2D eigenvalue weighted by molar-refractivity contribution is 6.48. The largest absolute Gasteiger partial charge is 0.507 e. The predicted octanol–water partition coefficient (Wildman–Crippen LogP) is 0.768. The third-order valence-electron chi connectivity index (χ3n) is 3.62. The molecule has 1 aromatic carbocycles. The molecule has 1 heterocycles. The Kier molecular flexibility index (Phi) is 3.14. The first-order valence-corrected chi connectivity index (χ1v) is 6.48. The second-order valence-corrected chi connectivity index (χ2v) is 5.09. The summed E-state index contributed by atoms with van der Waals surface area (Å²) in [6.45, 7) is 0. The highest BCUT2D eigenvalue weighted by atomic mass is 16.5. The molecule has 1 aliphatic heterocycles. The maximum atomic E-state index is 11.9. The van der Waals surface area contributed by atoms with Crippen molar-refractivity contribution >= 4 is 11.6 Å². The SMILES string of the molecule is O=C1C=C(O)C2=C(O[C@H](c3ccc(O)c(O)c3)[C@@H](O)C2)C1=O. The van der Waals surface area contributed by atoms with Crippen molar-refractivity contribution in [2.75, 3.05) is 0 Å². The Hall–Kier alpha value is -2.80. The number of phenols is 2. The van der Waals surface area contributed by atoms with Crippen LogP contribution < -0.4 is 0 Å². The van der Waals surface area contributed by atoms with Crippen LogP contribution in [0, 0.1) is 0 Å². The number of phenolic OH excluding ortho intramolecular Hbond substituents is 2. The van der Waals surface area contributed by atoms with Gasteiger partial charge in [-0.3, -0.25) is 9.59 Å². The van der Waals surface area contributed by atoms with Gasteiger partial charge < -0.3 is 25.2 Å². The summed E-state index contributed by atoms with van der Waals surface area (Å²) in [7, 11) is 0. The van der Waals surface area contributed by atoms with Crippen molar-refractivity contribution in [2.45, 2.75) is 18.6 Å². The van der Waals surface area contributed by atoms with Gasteiger partial charge >= 0.3 is 0 Å². The van der Waals surface area contributed by atoms with Gasteiger partial charge in [-0.1, -0.05) is 6.07 Å². The molecule has 4 N–H and O–H groups in total. The topological polar surface area (TPSA) is 124 Å². The molecule has 1 aromatic rings. The summed E-state index contributed by atoms with van der Waals surface area (Å²) in [5.41, 5.74) is 0.403. The molecule has 1 aliphatic carbocycles. The van der Waals surface area contributed by atoms with Gasteiger partial charge in [0.2, 0.25) is 5.78 Å². The van der Waals surface area contributed by atoms with Crippen LogP contribution in [0.25, 0.3) is 0 Å². The van der Waals surface area contributed by atoms with Crippen molar-refractivity contribution in [2.24, 2.45) is 0 Å². The summed E-state index contributed by atoms with van der Waals surface area (Å²) < 4.78 is 5.40. The fourth-order valence-corrected chi connectivity index (χ4v) is 2.49. The summed E-state index contributed by atoms with van der Waals surface area (Å²) in [5.74, 6) is -3.23. The minimum Gasteiger partial charge on any atom is -0.507 e. The fraction of sp³-hybridized carbons (Fsp3) is 0.200. The number of aliphatic hydroxyl groups excluding tert-OH is 2. The van der Waals surface area contributed by atoms with Crippen molar-refractivity contribution in [3.63, 3.8) is 0 Å². The van der Waals surface area contributed by atoms with E-state index in [-0.39, 0.29) is 23.5 Å². The molecule has 22 heavy (non-hydrogen) atoms. The van der Waals surface area contributed by atoms with Gasteiger partial charge in [0.15, 0.2) is 23.4 Å². The maximum Gasteiger partial charge on any atom is 0.267 e. The van der Waals surface area contributed by atoms with Crippen LogP contribution in [0.15, 0.2) is 41.4 Å². The Morgan fingerprint density at radius 1 is 1.09 bits per heavy atom. The minimum absolute atomic E-state index is 0.0800. The van der Waals surface area contributed by atoms with Gasteiger partial charge in [-0.25, -0.2) is 0 Å². The Morgan fingerprint density at radius 3 is 2.50 bits per heavy atom. The van der Waals surface area contributed by atoms with E-state index in [1.54, 1.807) is 0 Å². The molecular weight excluding hydrogens is 292 g/mol. The number of allylic oxidation sites excluding steroid dienone is 3. The van der Waals surface area contributed by atoms with E-state index in [0.29, 0.717) is 5.56 Å². The Bertz CT molecular complexity index is 744. The van der Waals surface area contributed by atoms with Crippen LogP contribution in [0.5, 0.6) is 11.5 Å². The highest BCUT2D eigenvalue weighted by Gasteiger charge is 2.40. The molecule has 0 fully saturated rings. The van der Waals surface area contributed by atoms with E-state index in [9.17, 15) is 30.0 Å². The van der Waals surface area contributed by atoms with Crippen LogP contribution in [0.4, 0.5) is 0 Å². The molecule has 0 saturated heterocycles. The molecule has 3 rings (SSSR count). The van der Waals surface area contributed by atoms with E-state index in [1.807, 2.05) is 0 Å². The second kappa shape index (κ2) is 4.88. The quantitative estimate of drug-likeness (QED) is 0.343. The number of ketones is 2. The molecule has 114 valence electrons. The lowest BCUT2D eigenvalue weighted by molar-refractivity contribution is -0.136. The number of hydrogen-bond acceptors (Lipinski definition) is 7. The van der Waals surface area contributed by atoms with E-state index in [0.717, 1.165) is 6.08 Å². The number of benzene rings is 1. The Labute approximate surface area is 124 Å². The highest BCUT2D eigenvalue weighted by Crippen LogP contribution is 2.40. The number of Topliss-reactive ketones (excluding diaryl/α,β-unsaturated/α-hetero) is 1. The number of rotatable bonds is 1. The van der Waals surface area contributed by atoms with Crippen LogP contribution in [0.2, 0.25) is 0 Å². The van der Waals surface area contributed by atoms with Gasteiger partial charge in [-0.15, -0.1) is 0 Å². The lowest BCUT2D eigenvalue weighted by Gasteiger charge is -2.32. The number of carbonyl (C=O) groups excluding carboxylic acids is 2. The number of aromatic hydroxyl groups is 2. The van der Waals surface area contributed by atoms with Crippen molar-refractivity contribution in [1.29, 1.82) is 0 Å². The van der Waals surface area contributed by atoms with Gasteiger partial charge in [0.1, 0.15) is 5.76 Å². The Morgan fingerprint density at radius 2 is 1.82 bits per heavy atom. The van der Waals surface area contributed by atoms with Gasteiger partial charge in [0.25, 0.3) is 5.78 Å². The van der Waals surface area contributed by atoms with Crippen LogP contribution in [-0.4, -0.2) is 38.1 Å². The summed E-state index contributed by atoms with van der Waals surface area (Å²) >= 11 is 0. The predicted molar refractivity (Wildman–Crippen MR) is 72.0 cm³/mol. The Balaban J connectivity index is 2.00. The fourth-order valence-electron chi connectivity index (χ4n) is 2.49. The lowest BCUT2D eigenvalue weighted by atomic mass is 9.89. The van der Waals surface area contributed by atoms with Crippen molar-refractivity contribution < 1.29 is 34.8 Å². The average molecular weight is 304 g/mol. The molecule has 0 aromatic heterocycles. The molecule has 0 saturated carbocycles. The number of aliphatic hydroxyl groups is 2. The first kappa shape index (κ1) is 14.2. The average Bonchev–Trinajstić information content (AvgIpc) is 2.47. The molecule has 7 nitrogen and oxygen atoms in total. The monoisotopic (exact) mass is 304 g/mol. The van der Waals surface area contributed by atoms with E-state index in [2.05, 4.69) is 0 Å². The number of ether oxygens (including phenoxy) is 1. The molecular formula is C15H12O7. The molecule has 7 heteroatoms. The van der Waals surface area contributed by atoms with Crippen LogP contribution >= 0.6 is 0 Å². The van der Waals surface area contributed by atoms with Gasteiger partial charge in [-0.2, -0.15) is 0 Å². The van der Waals surface area contributed by atoms with Gasteiger partial charge in [0.05, 0.1) is 6.10 Å². The van der Waals surface area contributed by atoms with Crippen molar-refractivity contribution in [3.05, 3.63) is 46.9 Å². The number of hydrogen-bond donors (Lipinski definition) is 4. The number of carbonyl (C=O) groups is 2. The molecule has 0 spiro atoms. The van der Waals surface area contributed by atoms with Crippen LogP contribution in [0.3, 0.4) is 0 Å². The molecule has 2 aliphatic rings. The van der Waals surface area contributed by atoms with Gasteiger partial charge in [-0.05, 0) is 17.7 Å². The van der Waals surface area contributed by atoms with E-state index in [1.165, 1.54) is 18.2 Å². The second-order valence-electron chi connectivity index (χ2n) is 5.09. The summed E-state index contributed by atoms with van der Waals surface area (Å²) in [6, 6.07) is 3.83. The van der Waals surface area contributed by atoms with Crippen LogP contribution in [-0.2, 0) is 14.3 Å². The van der Waals surface area contributed by atoms with E-state index in [4.69, 9.17) is 4.74 Å². The van der Waals surface area contributed by atoms with Crippen LogP contribution in [0.1, 0.15) is 18.1 Å². The van der Waals surface area contributed by atoms with Crippen molar-refractivity contribution in [3.8, 4) is 11.5 Å². The normalized spacial score (nSPS) is 24.7. The molecule has 0 bridgehead atoms. The zero-order valence-corrected chi connectivity index (χ0v) is 11.2. The third kappa shape index (κ3) is 2.11. The third-order valence-corrected chi connectivity index (χ3v) is 3.62. The van der Waals surface area contributed by atoms with E-state index >= 15 is 0 Å². The summed E-state index contributed by atoms with van der Waals surface area (Å²) in [6.07, 6.45) is -1.39. The zero-order chi connectivity index (χ0) is 16.0. The van der Waals surface area contributed by atoms with Gasteiger partial charge in [0, 0.05) is 18.1 Å². The molecule has 0 unspecified atom stereocenters. The lowest BCUT2D eigenvalue weighted by Crippen LogP contribution is -2.34. The summed E-state index contributed by atoms with van der Waals surface area (Å²) in [4.78, 5) is 23.3. The first-order valence-electron chi connectivity index (χ1n) is 6.48. The molecule has 0 radical (unpaired) electrons. The minimum atomic E-state index is -1.10. The molecule has 2 atom stereocenters. The summed E-state index contributed by atoms with van der Waals surface area (Å²) in [5, 5.41) is 38.7. The van der Waals surface area contributed by atoms with Crippen molar-refractivity contribution in [1.82, 2.24) is 0 Å².